The Hall–Kier alpha value is 0.140. The molecule has 0 heterocycles. The zero-order valence-electron chi connectivity index (χ0n) is 8.46. The molecule has 2 atom stereocenters. The van der Waals surface area contributed by atoms with Gasteiger partial charge in [0.15, 0.2) is 0 Å². The van der Waals surface area contributed by atoms with Crippen molar-refractivity contribution in [3.8, 4) is 0 Å². The van der Waals surface area contributed by atoms with Gasteiger partial charge in [0.1, 0.15) is 0 Å². The van der Waals surface area contributed by atoms with Gasteiger partial charge in [0.2, 0.25) is 0 Å². The van der Waals surface area contributed by atoms with E-state index in [1.807, 2.05) is 12.1 Å². The first kappa shape index (κ1) is 11.6. The van der Waals surface area contributed by atoms with Crippen LogP contribution in [0.2, 0.25) is 0 Å². The van der Waals surface area contributed by atoms with Crippen LogP contribution in [0.25, 0.3) is 0 Å². The second kappa shape index (κ2) is 5.46. The minimum atomic E-state index is 0.393. The first-order valence-electron chi connectivity index (χ1n) is 5.26. The first-order valence-corrected chi connectivity index (χ1v) is 6.97. The molecule has 1 aromatic rings. The third-order valence-corrected chi connectivity index (χ3v) is 4.27. The summed E-state index contributed by atoms with van der Waals surface area (Å²) in [6, 6.07) is 8.29. The van der Waals surface area contributed by atoms with E-state index in [-0.39, 0.29) is 0 Å². The molecule has 2 unspecified atom stereocenters. The van der Waals surface area contributed by atoms with Crippen molar-refractivity contribution in [3.05, 3.63) is 34.3 Å². The number of hydrogen-bond donors (Lipinski definition) is 0. The summed E-state index contributed by atoms with van der Waals surface area (Å²) in [4.78, 5) is 0.546. The van der Waals surface area contributed by atoms with E-state index in [1.165, 1.54) is 24.8 Å². The van der Waals surface area contributed by atoms with Crippen molar-refractivity contribution in [3.63, 3.8) is 0 Å². The topological polar surface area (TPSA) is 9.23 Å². The predicted octanol–water partition coefficient (Wildman–Crippen LogP) is 4.28. The fourth-order valence-corrected chi connectivity index (χ4v) is 3.09. The Morgan fingerprint density at radius 3 is 2.87 bits per heavy atom. The minimum Gasteiger partial charge on any atom is -0.372 e. The highest BCUT2D eigenvalue weighted by atomic mass is 79.9. The van der Waals surface area contributed by atoms with Gasteiger partial charge in [0.05, 0.1) is 12.7 Å². The zero-order valence-corrected chi connectivity index (χ0v) is 11.6. The second-order valence-corrected chi connectivity index (χ2v) is 6.02. The van der Waals surface area contributed by atoms with Crippen molar-refractivity contribution in [2.75, 3.05) is 0 Å². The highest BCUT2D eigenvalue weighted by Crippen LogP contribution is 2.28. The van der Waals surface area contributed by atoms with Crippen LogP contribution in [0, 0.1) is 0 Å². The Morgan fingerprint density at radius 2 is 2.20 bits per heavy atom. The van der Waals surface area contributed by atoms with Crippen LogP contribution in [0.4, 0.5) is 0 Å². The molecule has 0 aromatic heterocycles. The van der Waals surface area contributed by atoms with Gasteiger partial charge in [0.25, 0.3) is 0 Å². The predicted molar refractivity (Wildman–Crippen MR) is 69.3 cm³/mol. The Labute approximate surface area is 107 Å². The molecule has 1 saturated carbocycles. The molecule has 0 amide bonds. The van der Waals surface area contributed by atoms with E-state index < -0.39 is 0 Å². The van der Waals surface area contributed by atoms with Crippen LogP contribution in [0.15, 0.2) is 28.7 Å². The molecule has 1 fully saturated rings. The third kappa shape index (κ3) is 3.30. The van der Waals surface area contributed by atoms with Crippen molar-refractivity contribution >= 4 is 31.9 Å². The van der Waals surface area contributed by atoms with Crippen LogP contribution in [0.5, 0.6) is 0 Å². The van der Waals surface area contributed by atoms with Gasteiger partial charge in [-0.1, -0.05) is 44.0 Å². The zero-order chi connectivity index (χ0) is 10.7. The minimum absolute atomic E-state index is 0.393. The number of rotatable bonds is 3. The molecule has 1 aliphatic rings. The summed E-state index contributed by atoms with van der Waals surface area (Å²) in [6.07, 6.45) is 4.09. The summed E-state index contributed by atoms with van der Waals surface area (Å²) < 4.78 is 7.00. The van der Waals surface area contributed by atoms with Gasteiger partial charge in [0, 0.05) is 9.30 Å². The van der Waals surface area contributed by atoms with Gasteiger partial charge in [-0.3, -0.25) is 0 Å². The molecule has 0 spiro atoms. The maximum atomic E-state index is 5.89. The second-order valence-electron chi connectivity index (χ2n) is 3.93. The van der Waals surface area contributed by atoms with E-state index >= 15 is 0 Å². The summed E-state index contributed by atoms with van der Waals surface area (Å²) in [5, 5.41) is 0. The van der Waals surface area contributed by atoms with Gasteiger partial charge in [-0.15, -0.1) is 0 Å². The molecule has 1 aromatic carbocycles. The lowest BCUT2D eigenvalue weighted by molar-refractivity contribution is 0.0499. The lowest BCUT2D eigenvalue weighted by Crippen LogP contribution is -2.17. The molecule has 0 radical (unpaired) electrons. The van der Waals surface area contributed by atoms with Crippen molar-refractivity contribution in [1.29, 1.82) is 0 Å². The highest BCUT2D eigenvalue weighted by Gasteiger charge is 2.25. The Kier molecular flexibility index (Phi) is 4.23. The highest BCUT2D eigenvalue weighted by molar-refractivity contribution is 9.10. The van der Waals surface area contributed by atoms with E-state index in [0.717, 1.165) is 4.47 Å². The monoisotopic (exact) mass is 332 g/mol. The fraction of sp³-hybridized carbons (Fsp3) is 0.500. The molecule has 0 bridgehead atoms. The average Bonchev–Trinajstić information content (AvgIpc) is 2.61. The average molecular weight is 334 g/mol. The molecule has 1 aliphatic carbocycles. The van der Waals surface area contributed by atoms with E-state index in [1.54, 1.807) is 0 Å². The molecule has 1 nitrogen and oxygen atoms in total. The lowest BCUT2D eigenvalue weighted by atomic mass is 10.2. The molecule has 82 valence electrons. The molecule has 15 heavy (non-hydrogen) atoms. The van der Waals surface area contributed by atoms with Crippen LogP contribution in [-0.2, 0) is 11.3 Å². The van der Waals surface area contributed by atoms with Crippen LogP contribution >= 0.6 is 31.9 Å². The fourth-order valence-electron chi connectivity index (χ4n) is 1.90. The summed E-state index contributed by atoms with van der Waals surface area (Å²) >= 11 is 7.12. The molecule has 3 heteroatoms. The van der Waals surface area contributed by atoms with E-state index in [9.17, 15) is 0 Å². The van der Waals surface area contributed by atoms with E-state index in [4.69, 9.17) is 4.74 Å². The largest absolute Gasteiger partial charge is 0.372 e. The number of alkyl halides is 1. The van der Waals surface area contributed by atoms with Gasteiger partial charge < -0.3 is 4.74 Å². The molecule has 2 rings (SSSR count). The molecule has 0 N–H and O–H groups in total. The van der Waals surface area contributed by atoms with E-state index in [2.05, 4.69) is 44.0 Å². The third-order valence-electron chi connectivity index (χ3n) is 2.73. The van der Waals surface area contributed by atoms with Crippen molar-refractivity contribution in [2.24, 2.45) is 0 Å². The summed E-state index contributed by atoms with van der Waals surface area (Å²) in [5.41, 5.74) is 1.23. The van der Waals surface area contributed by atoms with Gasteiger partial charge in [-0.2, -0.15) is 0 Å². The SMILES string of the molecule is Brc1cccc(COC2CCCC2Br)c1. The van der Waals surface area contributed by atoms with Crippen molar-refractivity contribution < 1.29 is 4.74 Å². The van der Waals surface area contributed by atoms with Gasteiger partial charge in [-0.25, -0.2) is 0 Å². The molecular formula is C12H14Br2O. The molecule has 0 aliphatic heterocycles. The molecular weight excluding hydrogens is 320 g/mol. The summed E-state index contributed by atoms with van der Waals surface area (Å²) in [5.74, 6) is 0. The number of benzene rings is 1. The molecule has 0 saturated heterocycles. The van der Waals surface area contributed by atoms with Crippen LogP contribution < -0.4 is 0 Å². The van der Waals surface area contributed by atoms with Gasteiger partial charge in [-0.05, 0) is 37.0 Å². The first-order chi connectivity index (χ1) is 7.25. The number of ether oxygens (including phenoxy) is 1. The number of halogens is 2. The Morgan fingerprint density at radius 1 is 1.33 bits per heavy atom. The van der Waals surface area contributed by atoms with Crippen molar-refractivity contribution in [2.45, 2.75) is 36.8 Å². The standard InChI is InChI=1S/C12H14Br2O/c13-10-4-1-3-9(7-10)8-15-12-6-2-5-11(12)14/h1,3-4,7,11-12H,2,5-6,8H2. The quantitative estimate of drug-likeness (QED) is 0.750. The van der Waals surface area contributed by atoms with Crippen LogP contribution in [-0.4, -0.2) is 10.9 Å². The van der Waals surface area contributed by atoms with Crippen LogP contribution in [0.1, 0.15) is 24.8 Å². The Balaban J connectivity index is 1.87. The van der Waals surface area contributed by atoms with Crippen molar-refractivity contribution in [1.82, 2.24) is 0 Å². The van der Waals surface area contributed by atoms with E-state index in [0.29, 0.717) is 17.5 Å². The lowest BCUT2D eigenvalue weighted by Gasteiger charge is -2.15. The Bertz CT molecular complexity index is 327. The van der Waals surface area contributed by atoms with Crippen LogP contribution in [0.3, 0.4) is 0 Å². The summed E-state index contributed by atoms with van der Waals surface area (Å²) in [7, 11) is 0. The number of hydrogen-bond acceptors (Lipinski definition) is 1. The normalized spacial score (nSPS) is 25.7. The van der Waals surface area contributed by atoms with Gasteiger partial charge >= 0.3 is 0 Å². The smallest absolute Gasteiger partial charge is 0.0721 e. The maximum Gasteiger partial charge on any atom is 0.0721 e. The maximum absolute atomic E-state index is 5.89. The summed E-state index contributed by atoms with van der Waals surface area (Å²) in [6.45, 7) is 0.714.